The van der Waals surface area contributed by atoms with Gasteiger partial charge in [0.05, 0.1) is 13.2 Å². The molecule has 4 saturated carbocycles. The third-order valence-corrected chi connectivity index (χ3v) is 11.2. The van der Waals surface area contributed by atoms with Crippen LogP contribution in [-0.2, 0) is 28.6 Å². The molecule has 11 atom stereocenters. The van der Waals surface area contributed by atoms with Crippen LogP contribution in [0, 0.1) is 46.3 Å². The Balaban J connectivity index is 1.62. The fraction of sp³-hybridized carbons (Fsp3) is 0.897. The van der Waals surface area contributed by atoms with E-state index in [4.69, 9.17) is 14.2 Å². The lowest BCUT2D eigenvalue weighted by atomic mass is 9.43. The second kappa shape index (κ2) is 10.3. The number of carbonyl (C=O) groups excluding carboxylic acids is 3. The van der Waals surface area contributed by atoms with E-state index in [0.717, 1.165) is 44.9 Å². The molecule has 4 aliphatic rings. The van der Waals surface area contributed by atoms with Crippen molar-refractivity contribution in [3.05, 3.63) is 0 Å². The fourth-order valence-corrected chi connectivity index (χ4v) is 9.42. The number of aliphatic hydroxyl groups excluding tert-OH is 1. The minimum absolute atomic E-state index is 0.0227. The summed E-state index contributed by atoms with van der Waals surface area (Å²) in [6, 6.07) is 0. The van der Waals surface area contributed by atoms with Gasteiger partial charge in [0.25, 0.3) is 0 Å². The molecule has 204 valence electrons. The summed E-state index contributed by atoms with van der Waals surface area (Å²) in [6.07, 6.45) is 6.59. The van der Waals surface area contributed by atoms with Gasteiger partial charge in [0.2, 0.25) is 0 Å². The Kier molecular flexibility index (Phi) is 7.81. The van der Waals surface area contributed by atoms with Gasteiger partial charge in [0.15, 0.2) is 0 Å². The predicted octanol–water partition coefficient (Wildman–Crippen LogP) is 4.68. The standard InChI is InChI=1S/C29H46O7/c1-16(7-10-26(33)34-6)21-8-9-22-27-23(15-25(32)29(21,22)5)28(4)12-11-20(35-17(2)30)13-19(28)14-24(27)36-18(3)31/h16,19-25,27,32H,7-15H2,1-6H3/t16-,19-,20+,21+,22+,23-,24+,25-,27-,28-,29+/m0/s1. The zero-order valence-corrected chi connectivity index (χ0v) is 23.0. The first-order chi connectivity index (χ1) is 16.9. The first kappa shape index (κ1) is 27.4. The van der Waals surface area contributed by atoms with Gasteiger partial charge in [-0.15, -0.1) is 0 Å². The van der Waals surface area contributed by atoms with Gasteiger partial charge in [-0.1, -0.05) is 20.8 Å². The summed E-state index contributed by atoms with van der Waals surface area (Å²) in [5.41, 5.74) is -0.248. The van der Waals surface area contributed by atoms with Crippen molar-refractivity contribution in [2.45, 2.75) is 111 Å². The van der Waals surface area contributed by atoms with Crippen LogP contribution < -0.4 is 0 Å². The molecule has 0 radical (unpaired) electrons. The summed E-state index contributed by atoms with van der Waals surface area (Å²) in [7, 11) is 1.43. The van der Waals surface area contributed by atoms with Crippen LogP contribution in [0.15, 0.2) is 0 Å². The summed E-state index contributed by atoms with van der Waals surface area (Å²) in [5.74, 6) is 0.965. The second-order valence-electron chi connectivity index (χ2n) is 12.8. The third-order valence-electron chi connectivity index (χ3n) is 11.2. The van der Waals surface area contributed by atoms with Gasteiger partial charge in [0.1, 0.15) is 12.2 Å². The van der Waals surface area contributed by atoms with Crippen LogP contribution in [0.5, 0.6) is 0 Å². The molecule has 0 aliphatic heterocycles. The molecule has 4 rings (SSSR count). The molecule has 7 nitrogen and oxygen atoms in total. The van der Waals surface area contributed by atoms with Gasteiger partial charge < -0.3 is 19.3 Å². The average molecular weight is 507 g/mol. The van der Waals surface area contributed by atoms with Gasteiger partial charge in [-0.05, 0) is 91.8 Å². The van der Waals surface area contributed by atoms with Crippen molar-refractivity contribution in [2.24, 2.45) is 46.3 Å². The number of rotatable bonds is 6. The molecule has 36 heavy (non-hydrogen) atoms. The second-order valence-corrected chi connectivity index (χ2v) is 12.8. The van der Waals surface area contributed by atoms with Gasteiger partial charge >= 0.3 is 17.9 Å². The normalized spacial score (nSPS) is 44.4. The van der Waals surface area contributed by atoms with E-state index in [0.29, 0.717) is 24.7 Å². The molecule has 0 saturated heterocycles. The van der Waals surface area contributed by atoms with Crippen molar-refractivity contribution in [2.75, 3.05) is 7.11 Å². The van der Waals surface area contributed by atoms with Crippen molar-refractivity contribution in [3.8, 4) is 0 Å². The van der Waals surface area contributed by atoms with E-state index in [1.54, 1.807) is 0 Å². The molecule has 0 amide bonds. The van der Waals surface area contributed by atoms with Crippen LogP contribution >= 0.6 is 0 Å². The molecular formula is C29H46O7. The SMILES string of the molecule is COC(=O)CC[C@H](C)[C@H]1CC[C@@H]2[C@@H]3[C@H](OC(C)=O)C[C@@H]4C[C@H](OC(C)=O)CC[C@]4(C)[C@H]3C[C@H](O)[C@@]21C. The van der Waals surface area contributed by atoms with E-state index < -0.39 is 6.10 Å². The van der Waals surface area contributed by atoms with E-state index in [-0.39, 0.29) is 64.6 Å². The fourth-order valence-electron chi connectivity index (χ4n) is 9.42. The smallest absolute Gasteiger partial charge is 0.305 e. The number of fused-ring (bicyclic) bond motifs is 5. The Morgan fingerprint density at radius 1 is 0.972 bits per heavy atom. The Labute approximate surface area is 216 Å². The Morgan fingerprint density at radius 3 is 2.31 bits per heavy atom. The number of hydrogen-bond donors (Lipinski definition) is 1. The molecule has 0 aromatic carbocycles. The minimum atomic E-state index is -0.434. The van der Waals surface area contributed by atoms with Crippen LogP contribution in [-0.4, -0.2) is 48.4 Å². The maximum atomic E-state index is 12.2. The average Bonchev–Trinajstić information content (AvgIpc) is 3.16. The Hall–Kier alpha value is -1.63. The van der Waals surface area contributed by atoms with Gasteiger partial charge in [0, 0.05) is 26.2 Å². The summed E-state index contributed by atoms with van der Waals surface area (Å²) in [6.45, 7) is 9.78. The largest absolute Gasteiger partial charge is 0.469 e. The van der Waals surface area contributed by atoms with E-state index in [9.17, 15) is 19.5 Å². The lowest BCUT2D eigenvalue weighted by molar-refractivity contribution is -0.218. The summed E-state index contributed by atoms with van der Waals surface area (Å²) < 4.78 is 16.5. The molecule has 0 spiro atoms. The predicted molar refractivity (Wildman–Crippen MR) is 134 cm³/mol. The monoisotopic (exact) mass is 506 g/mol. The molecule has 0 aromatic heterocycles. The molecule has 1 N–H and O–H groups in total. The van der Waals surface area contributed by atoms with Gasteiger partial charge in [-0.3, -0.25) is 14.4 Å². The topological polar surface area (TPSA) is 99.1 Å². The summed E-state index contributed by atoms with van der Waals surface area (Å²) in [4.78, 5) is 35.7. The van der Waals surface area contributed by atoms with Crippen LogP contribution in [0.2, 0.25) is 0 Å². The molecule has 4 aliphatic carbocycles. The maximum absolute atomic E-state index is 12.2. The highest BCUT2D eigenvalue weighted by Crippen LogP contribution is 2.68. The van der Waals surface area contributed by atoms with Crippen molar-refractivity contribution in [1.82, 2.24) is 0 Å². The zero-order valence-electron chi connectivity index (χ0n) is 23.0. The van der Waals surface area contributed by atoms with E-state index in [1.165, 1.54) is 21.0 Å². The van der Waals surface area contributed by atoms with Crippen LogP contribution in [0.3, 0.4) is 0 Å². The number of ether oxygens (including phenoxy) is 3. The Bertz CT molecular complexity index is 857. The molecular weight excluding hydrogens is 460 g/mol. The van der Waals surface area contributed by atoms with Crippen molar-refractivity contribution in [3.63, 3.8) is 0 Å². The Morgan fingerprint density at radius 2 is 1.67 bits per heavy atom. The highest BCUT2D eigenvalue weighted by molar-refractivity contribution is 5.69. The summed E-state index contributed by atoms with van der Waals surface area (Å²) >= 11 is 0. The highest BCUT2D eigenvalue weighted by Gasteiger charge is 2.66. The maximum Gasteiger partial charge on any atom is 0.305 e. The van der Waals surface area contributed by atoms with E-state index >= 15 is 0 Å². The van der Waals surface area contributed by atoms with Crippen molar-refractivity contribution < 1.29 is 33.7 Å². The summed E-state index contributed by atoms with van der Waals surface area (Å²) in [5, 5.41) is 11.8. The van der Waals surface area contributed by atoms with E-state index in [1.807, 2.05) is 0 Å². The minimum Gasteiger partial charge on any atom is -0.469 e. The van der Waals surface area contributed by atoms with Crippen LogP contribution in [0.1, 0.15) is 92.4 Å². The van der Waals surface area contributed by atoms with Gasteiger partial charge in [-0.25, -0.2) is 0 Å². The number of hydrogen-bond acceptors (Lipinski definition) is 7. The van der Waals surface area contributed by atoms with Crippen molar-refractivity contribution in [1.29, 1.82) is 0 Å². The van der Waals surface area contributed by atoms with Crippen LogP contribution in [0.25, 0.3) is 0 Å². The van der Waals surface area contributed by atoms with Crippen LogP contribution in [0.4, 0.5) is 0 Å². The molecule has 7 heteroatoms. The molecule has 0 bridgehead atoms. The highest BCUT2D eigenvalue weighted by atomic mass is 16.5. The molecule has 0 aromatic rings. The lowest BCUT2D eigenvalue weighted by Crippen LogP contribution is -2.63. The number of methoxy groups -OCH3 is 1. The van der Waals surface area contributed by atoms with Gasteiger partial charge in [-0.2, -0.15) is 0 Å². The lowest BCUT2D eigenvalue weighted by Gasteiger charge is -2.64. The first-order valence-corrected chi connectivity index (χ1v) is 14.0. The zero-order chi connectivity index (χ0) is 26.4. The molecule has 4 fully saturated rings. The first-order valence-electron chi connectivity index (χ1n) is 14.0. The number of carbonyl (C=O) groups is 3. The molecule has 0 heterocycles. The third kappa shape index (κ3) is 4.69. The molecule has 0 unspecified atom stereocenters. The van der Waals surface area contributed by atoms with Crippen molar-refractivity contribution >= 4 is 17.9 Å². The van der Waals surface area contributed by atoms with E-state index in [2.05, 4.69) is 20.8 Å². The number of aliphatic hydroxyl groups is 1. The quantitative estimate of drug-likeness (QED) is 0.412. The number of esters is 3.